The number of nitrogens with one attached hydrogen (secondary N) is 1. The van der Waals surface area contributed by atoms with E-state index in [1.807, 2.05) is 0 Å². The predicted molar refractivity (Wildman–Crippen MR) is 81.0 cm³/mol. The Morgan fingerprint density at radius 3 is 2.65 bits per heavy atom. The van der Waals surface area contributed by atoms with Crippen molar-refractivity contribution in [1.82, 2.24) is 9.62 Å². The number of benzene rings is 1. The van der Waals surface area contributed by atoms with Gasteiger partial charge in [-0.25, -0.2) is 13.1 Å². The highest BCUT2D eigenvalue weighted by Crippen LogP contribution is 2.25. The SMILES string of the molecule is CCN(CCNS(=O)(=O)c1ccc(N)c(C)c1)C1CC1. The molecule has 0 aromatic heterocycles. The smallest absolute Gasteiger partial charge is 0.240 e. The Labute approximate surface area is 121 Å². The molecule has 1 aromatic carbocycles. The van der Waals surface area contributed by atoms with Crippen molar-refractivity contribution in [3.05, 3.63) is 23.8 Å². The van der Waals surface area contributed by atoms with Gasteiger partial charge >= 0.3 is 0 Å². The van der Waals surface area contributed by atoms with E-state index in [1.165, 1.54) is 12.8 Å². The highest BCUT2D eigenvalue weighted by Gasteiger charge is 2.27. The normalized spacial score (nSPS) is 15.8. The molecule has 0 radical (unpaired) electrons. The first-order valence-corrected chi connectivity index (χ1v) is 8.52. The lowest BCUT2D eigenvalue weighted by molar-refractivity contribution is 0.282. The summed E-state index contributed by atoms with van der Waals surface area (Å²) in [5.74, 6) is 0. The topological polar surface area (TPSA) is 75.4 Å². The van der Waals surface area contributed by atoms with Gasteiger partial charge in [0.25, 0.3) is 0 Å². The second kappa shape index (κ2) is 6.11. The van der Waals surface area contributed by atoms with Gasteiger partial charge in [-0.15, -0.1) is 0 Å². The molecule has 0 unspecified atom stereocenters. The maximum atomic E-state index is 12.2. The van der Waals surface area contributed by atoms with E-state index in [0.29, 0.717) is 18.3 Å². The largest absolute Gasteiger partial charge is 0.399 e. The van der Waals surface area contributed by atoms with Crippen LogP contribution in [0.3, 0.4) is 0 Å². The van der Waals surface area contributed by atoms with Gasteiger partial charge in [0.15, 0.2) is 0 Å². The van der Waals surface area contributed by atoms with E-state index in [0.717, 1.165) is 18.7 Å². The van der Waals surface area contributed by atoms with Crippen LogP contribution in [0.15, 0.2) is 23.1 Å². The molecule has 0 amide bonds. The number of aryl methyl sites for hydroxylation is 1. The molecule has 112 valence electrons. The van der Waals surface area contributed by atoms with Crippen molar-refractivity contribution in [3.8, 4) is 0 Å². The summed E-state index contributed by atoms with van der Waals surface area (Å²) in [4.78, 5) is 2.59. The zero-order valence-electron chi connectivity index (χ0n) is 12.1. The standard InChI is InChI=1S/C14H23N3O2S/c1-3-17(12-4-5-12)9-8-16-20(18,19)13-6-7-14(15)11(2)10-13/h6-7,10,12,16H,3-5,8-9,15H2,1-2H3. The molecule has 0 heterocycles. The minimum absolute atomic E-state index is 0.277. The maximum absolute atomic E-state index is 12.2. The molecule has 6 heteroatoms. The van der Waals surface area contributed by atoms with Gasteiger partial charge in [0.2, 0.25) is 10.0 Å². The zero-order valence-corrected chi connectivity index (χ0v) is 12.9. The average Bonchev–Trinajstić information content (AvgIpc) is 3.22. The maximum Gasteiger partial charge on any atom is 0.240 e. The third kappa shape index (κ3) is 3.71. The summed E-state index contributed by atoms with van der Waals surface area (Å²) in [5.41, 5.74) is 7.09. The van der Waals surface area contributed by atoms with Gasteiger partial charge < -0.3 is 5.73 Å². The molecular weight excluding hydrogens is 274 g/mol. The van der Waals surface area contributed by atoms with Crippen molar-refractivity contribution < 1.29 is 8.42 Å². The number of hydrogen-bond acceptors (Lipinski definition) is 4. The molecule has 0 aliphatic heterocycles. The van der Waals surface area contributed by atoms with E-state index >= 15 is 0 Å². The second-order valence-electron chi connectivity index (χ2n) is 5.28. The molecule has 1 aromatic rings. The number of nitrogens with zero attached hydrogens (tertiary/aromatic N) is 1. The van der Waals surface area contributed by atoms with E-state index in [2.05, 4.69) is 16.5 Å². The third-order valence-electron chi connectivity index (χ3n) is 3.71. The van der Waals surface area contributed by atoms with Gasteiger partial charge in [0.1, 0.15) is 0 Å². The number of nitrogen functional groups attached to an aromatic ring is 1. The number of sulfonamides is 1. The quantitative estimate of drug-likeness (QED) is 0.745. The van der Waals surface area contributed by atoms with E-state index in [-0.39, 0.29) is 4.90 Å². The molecule has 20 heavy (non-hydrogen) atoms. The lowest BCUT2D eigenvalue weighted by Crippen LogP contribution is -2.36. The lowest BCUT2D eigenvalue weighted by atomic mass is 10.2. The highest BCUT2D eigenvalue weighted by molar-refractivity contribution is 7.89. The number of rotatable bonds is 7. The summed E-state index contributed by atoms with van der Waals surface area (Å²) in [6.07, 6.45) is 2.47. The first-order valence-electron chi connectivity index (χ1n) is 7.04. The summed E-state index contributed by atoms with van der Waals surface area (Å²) in [5, 5.41) is 0. The van der Waals surface area contributed by atoms with Crippen molar-refractivity contribution in [1.29, 1.82) is 0 Å². The van der Waals surface area contributed by atoms with Crippen LogP contribution in [0, 0.1) is 6.92 Å². The van der Waals surface area contributed by atoms with E-state index in [1.54, 1.807) is 25.1 Å². The number of likely N-dealkylation sites (N-methyl/N-ethyl adjacent to an activating group) is 1. The van der Waals surface area contributed by atoms with Crippen LogP contribution in [-0.4, -0.2) is 39.0 Å². The van der Waals surface area contributed by atoms with Gasteiger partial charge in [0.05, 0.1) is 4.90 Å². The molecule has 0 atom stereocenters. The van der Waals surface area contributed by atoms with Gasteiger partial charge in [0, 0.05) is 24.8 Å². The Morgan fingerprint density at radius 1 is 1.40 bits per heavy atom. The first kappa shape index (κ1) is 15.3. The van der Waals surface area contributed by atoms with Gasteiger partial charge in [-0.1, -0.05) is 6.92 Å². The molecular formula is C14H23N3O2S. The molecule has 3 N–H and O–H groups in total. The van der Waals surface area contributed by atoms with Crippen LogP contribution in [0.4, 0.5) is 5.69 Å². The Bertz CT molecular complexity index is 568. The van der Waals surface area contributed by atoms with Gasteiger partial charge in [-0.3, -0.25) is 4.90 Å². The number of anilines is 1. The van der Waals surface area contributed by atoms with Crippen molar-refractivity contribution in [2.24, 2.45) is 0 Å². The van der Waals surface area contributed by atoms with Crippen LogP contribution >= 0.6 is 0 Å². The summed E-state index contributed by atoms with van der Waals surface area (Å²) in [6.45, 7) is 6.08. The number of hydrogen-bond donors (Lipinski definition) is 2. The minimum Gasteiger partial charge on any atom is -0.399 e. The van der Waals surface area contributed by atoms with E-state index in [4.69, 9.17) is 5.73 Å². The van der Waals surface area contributed by atoms with Gasteiger partial charge in [-0.2, -0.15) is 0 Å². The fraction of sp³-hybridized carbons (Fsp3) is 0.571. The van der Waals surface area contributed by atoms with E-state index in [9.17, 15) is 8.42 Å². The lowest BCUT2D eigenvalue weighted by Gasteiger charge is -2.19. The minimum atomic E-state index is -3.44. The van der Waals surface area contributed by atoms with Crippen LogP contribution in [0.2, 0.25) is 0 Å². The molecule has 2 rings (SSSR count). The highest BCUT2D eigenvalue weighted by atomic mass is 32.2. The summed E-state index contributed by atoms with van der Waals surface area (Å²) < 4.78 is 27.0. The Kier molecular flexibility index (Phi) is 4.67. The molecule has 1 aliphatic rings. The second-order valence-corrected chi connectivity index (χ2v) is 7.04. The fourth-order valence-corrected chi connectivity index (χ4v) is 3.37. The van der Waals surface area contributed by atoms with Crippen molar-refractivity contribution in [2.75, 3.05) is 25.4 Å². The first-order chi connectivity index (χ1) is 9.44. The zero-order chi connectivity index (χ0) is 14.8. The molecule has 0 spiro atoms. The van der Waals surface area contributed by atoms with Crippen LogP contribution in [0.5, 0.6) is 0 Å². The Balaban J connectivity index is 1.94. The summed E-state index contributed by atoms with van der Waals surface area (Å²) in [7, 11) is -3.44. The monoisotopic (exact) mass is 297 g/mol. The number of nitrogens with two attached hydrogens (primary N) is 1. The Hall–Kier alpha value is -1.11. The molecule has 1 saturated carbocycles. The predicted octanol–water partition coefficient (Wildman–Crippen LogP) is 1.34. The van der Waals surface area contributed by atoms with Crippen LogP contribution in [0.1, 0.15) is 25.3 Å². The molecule has 0 saturated heterocycles. The molecule has 1 fully saturated rings. The van der Waals surface area contributed by atoms with Crippen LogP contribution in [-0.2, 0) is 10.0 Å². The van der Waals surface area contributed by atoms with Crippen molar-refractivity contribution >= 4 is 15.7 Å². The Morgan fingerprint density at radius 2 is 2.10 bits per heavy atom. The molecule has 0 bridgehead atoms. The van der Waals surface area contributed by atoms with E-state index < -0.39 is 10.0 Å². The van der Waals surface area contributed by atoms with Crippen LogP contribution in [0.25, 0.3) is 0 Å². The summed E-state index contributed by atoms with van der Waals surface area (Å²) in [6, 6.07) is 5.44. The van der Waals surface area contributed by atoms with Crippen LogP contribution < -0.4 is 10.5 Å². The van der Waals surface area contributed by atoms with Gasteiger partial charge in [-0.05, 0) is 50.1 Å². The summed E-state index contributed by atoms with van der Waals surface area (Å²) >= 11 is 0. The van der Waals surface area contributed by atoms with Crippen molar-refractivity contribution in [2.45, 2.75) is 37.6 Å². The average molecular weight is 297 g/mol. The molecule has 1 aliphatic carbocycles. The third-order valence-corrected chi connectivity index (χ3v) is 5.17. The van der Waals surface area contributed by atoms with Crippen molar-refractivity contribution in [3.63, 3.8) is 0 Å². The fourth-order valence-electron chi connectivity index (χ4n) is 2.26. The molecule has 5 nitrogen and oxygen atoms in total.